The van der Waals surface area contributed by atoms with Gasteiger partial charge in [0.15, 0.2) is 0 Å². The summed E-state index contributed by atoms with van der Waals surface area (Å²) in [5.74, 6) is 0. The van der Waals surface area contributed by atoms with E-state index in [2.05, 4.69) is 27.6 Å². The van der Waals surface area contributed by atoms with Gasteiger partial charge in [-0.05, 0) is 30.2 Å². The van der Waals surface area contributed by atoms with Crippen molar-refractivity contribution >= 4 is 6.03 Å². The molecule has 24 heavy (non-hydrogen) atoms. The molecule has 1 unspecified atom stereocenters. The molecule has 2 aromatic rings. The molecule has 2 N–H and O–H groups in total. The van der Waals surface area contributed by atoms with Gasteiger partial charge in [-0.3, -0.25) is 4.68 Å². The maximum absolute atomic E-state index is 12.4. The highest BCUT2D eigenvalue weighted by molar-refractivity contribution is 5.74. The molecule has 3 rings (SSSR count). The standard InChI is InChI=1S/C18H25N5O/c1-2-18(9-6-10-18)12-20-17(24)22-16(11-23-14-19-13-21-23)15-7-4-3-5-8-15/h3-5,7-8,13-14,16H,2,6,9-12H2,1H3,(H2,20,22,24). The van der Waals surface area contributed by atoms with E-state index in [4.69, 9.17) is 0 Å². The Kier molecular flexibility index (Phi) is 5.13. The molecule has 0 radical (unpaired) electrons. The number of hydrogen-bond donors (Lipinski definition) is 2. The second kappa shape index (κ2) is 7.47. The molecular weight excluding hydrogens is 302 g/mol. The van der Waals surface area contributed by atoms with E-state index in [1.165, 1.54) is 25.6 Å². The Labute approximate surface area is 142 Å². The summed E-state index contributed by atoms with van der Waals surface area (Å²) in [6.45, 7) is 3.51. The number of urea groups is 1. The largest absolute Gasteiger partial charge is 0.338 e. The van der Waals surface area contributed by atoms with Crippen molar-refractivity contribution in [2.75, 3.05) is 6.54 Å². The molecule has 0 spiro atoms. The first-order valence-electron chi connectivity index (χ1n) is 8.62. The average Bonchev–Trinajstić information content (AvgIpc) is 3.07. The Morgan fingerprint density at radius 2 is 2.12 bits per heavy atom. The second-order valence-electron chi connectivity index (χ2n) is 6.61. The van der Waals surface area contributed by atoms with Crippen molar-refractivity contribution in [2.45, 2.75) is 45.2 Å². The van der Waals surface area contributed by atoms with Crippen LogP contribution < -0.4 is 10.6 Å². The SMILES string of the molecule is CCC1(CNC(=O)NC(Cn2cncn2)c2ccccc2)CCC1. The molecule has 1 aromatic carbocycles. The third-order valence-electron chi connectivity index (χ3n) is 5.13. The highest BCUT2D eigenvalue weighted by Gasteiger charge is 2.35. The van der Waals surface area contributed by atoms with Crippen molar-refractivity contribution in [1.29, 1.82) is 0 Å². The first kappa shape index (κ1) is 16.5. The first-order chi connectivity index (χ1) is 11.7. The van der Waals surface area contributed by atoms with Crippen LogP contribution in [0.2, 0.25) is 0 Å². The lowest BCUT2D eigenvalue weighted by molar-refractivity contribution is 0.125. The van der Waals surface area contributed by atoms with Crippen LogP contribution in [-0.4, -0.2) is 27.3 Å². The van der Waals surface area contributed by atoms with Crippen LogP contribution in [0.25, 0.3) is 0 Å². The van der Waals surface area contributed by atoms with Crippen LogP contribution in [0, 0.1) is 5.41 Å². The van der Waals surface area contributed by atoms with E-state index in [1.807, 2.05) is 30.3 Å². The predicted molar refractivity (Wildman–Crippen MR) is 92.3 cm³/mol. The smallest absolute Gasteiger partial charge is 0.315 e. The van der Waals surface area contributed by atoms with E-state index in [1.54, 1.807) is 11.0 Å². The number of carbonyl (C=O) groups excluding carboxylic acids is 1. The lowest BCUT2D eigenvalue weighted by Crippen LogP contribution is -2.46. The maximum Gasteiger partial charge on any atom is 0.315 e. The number of carbonyl (C=O) groups is 1. The van der Waals surface area contributed by atoms with Gasteiger partial charge in [0.2, 0.25) is 0 Å². The molecule has 2 amide bonds. The summed E-state index contributed by atoms with van der Waals surface area (Å²) in [6.07, 6.45) is 7.99. The number of amides is 2. The molecular formula is C18H25N5O. The molecule has 0 saturated heterocycles. The van der Waals surface area contributed by atoms with Crippen LogP contribution in [-0.2, 0) is 6.54 Å². The fourth-order valence-electron chi connectivity index (χ4n) is 3.24. The van der Waals surface area contributed by atoms with Crippen LogP contribution in [0.3, 0.4) is 0 Å². The van der Waals surface area contributed by atoms with Gasteiger partial charge < -0.3 is 10.6 Å². The third-order valence-corrected chi connectivity index (χ3v) is 5.13. The third kappa shape index (κ3) is 3.93. The Morgan fingerprint density at radius 3 is 2.71 bits per heavy atom. The van der Waals surface area contributed by atoms with Gasteiger partial charge >= 0.3 is 6.03 Å². The van der Waals surface area contributed by atoms with Crippen molar-refractivity contribution < 1.29 is 4.79 Å². The van der Waals surface area contributed by atoms with Gasteiger partial charge in [0, 0.05) is 6.54 Å². The monoisotopic (exact) mass is 327 g/mol. The van der Waals surface area contributed by atoms with Crippen LogP contribution in [0.5, 0.6) is 0 Å². The summed E-state index contributed by atoms with van der Waals surface area (Å²) >= 11 is 0. The number of aromatic nitrogens is 3. The van der Waals surface area contributed by atoms with Crippen LogP contribution in [0.15, 0.2) is 43.0 Å². The summed E-state index contributed by atoms with van der Waals surface area (Å²) in [7, 11) is 0. The fourth-order valence-corrected chi connectivity index (χ4v) is 3.24. The van der Waals surface area contributed by atoms with Crippen molar-refractivity contribution in [3.63, 3.8) is 0 Å². The molecule has 0 aliphatic heterocycles. The van der Waals surface area contributed by atoms with Gasteiger partial charge in [0.25, 0.3) is 0 Å². The molecule has 6 nitrogen and oxygen atoms in total. The molecule has 0 bridgehead atoms. The van der Waals surface area contributed by atoms with Gasteiger partial charge in [-0.1, -0.05) is 43.7 Å². The lowest BCUT2D eigenvalue weighted by Gasteiger charge is -2.41. The van der Waals surface area contributed by atoms with E-state index in [-0.39, 0.29) is 12.1 Å². The zero-order chi connectivity index (χ0) is 16.8. The molecule has 1 atom stereocenters. The van der Waals surface area contributed by atoms with E-state index >= 15 is 0 Å². The number of rotatable bonds is 7. The van der Waals surface area contributed by atoms with E-state index in [0.29, 0.717) is 12.0 Å². The van der Waals surface area contributed by atoms with E-state index < -0.39 is 0 Å². The van der Waals surface area contributed by atoms with Gasteiger partial charge in [-0.25, -0.2) is 9.78 Å². The normalized spacial score (nSPS) is 16.9. The predicted octanol–water partition coefficient (Wildman–Crippen LogP) is 2.90. The van der Waals surface area contributed by atoms with Gasteiger partial charge in [-0.15, -0.1) is 0 Å². The minimum Gasteiger partial charge on any atom is -0.338 e. The maximum atomic E-state index is 12.4. The van der Waals surface area contributed by atoms with Gasteiger partial charge in [0.05, 0.1) is 12.6 Å². The van der Waals surface area contributed by atoms with Crippen molar-refractivity contribution in [3.8, 4) is 0 Å². The molecule has 1 aliphatic carbocycles. The van der Waals surface area contributed by atoms with Crippen LogP contribution >= 0.6 is 0 Å². The summed E-state index contributed by atoms with van der Waals surface area (Å²) in [6, 6.07) is 9.68. The van der Waals surface area contributed by atoms with Gasteiger partial charge in [0.1, 0.15) is 12.7 Å². The molecule has 1 heterocycles. The van der Waals surface area contributed by atoms with Gasteiger partial charge in [-0.2, -0.15) is 5.10 Å². The minimum atomic E-state index is -0.146. The number of nitrogens with zero attached hydrogens (tertiary/aromatic N) is 3. The molecule has 1 aromatic heterocycles. The second-order valence-corrected chi connectivity index (χ2v) is 6.61. The quantitative estimate of drug-likeness (QED) is 0.821. The summed E-state index contributed by atoms with van der Waals surface area (Å²) in [4.78, 5) is 16.4. The first-order valence-corrected chi connectivity index (χ1v) is 8.62. The number of benzene rings is 1. The Morgan fingerprint density at radius 1 is 1.33 bits per heavy atom. The molecule has 1 aliphatic rings. The summed E-state index contributed by atoms with van der Waals surface area (Å²) < 4.78 is 1.73. The number of hydrogen-bond acceptors (Lipinski definition) is 3. The Hall–Kier alpha value is -2.37. The Bertz CT molecular complexity index is 631. The van der Waals surface area contributed by atoms with Crippen molar-refractivity contribution in [3.05, 3.63) is 48.5 Å². The highest BCUT2D eigenvalue weighted by atomic mass is 16.2. The van der Waals surface area contributed by atoms with Crippen molar-refractivity contribution in [1.82, 2.24) is 25.4 Å². The van der Waals surface area contributed by atoms with Crippen LogP contribution in [0.4, 0.5) is 4.79 Å². The fraction of sp³-hybridized carbons (Fsp3) is 0.500. The molecule has 1 saturated carbocycles. The van der Waals surface area contributed by atoms with E-state index in [0.717, 1.165) is 18.5 Å². The zero-order valence-electron chi connectivity index (χ0n) is 14.1. The Balaban J connectivity index is 1.61. The zero-order valence-corrected chi connectivity index (χ0v) is 14.1. The number of nitrogens with one attached hydrogen (secondary N) is 2. The minimum absolute atomic E-state index is 0.122. The highest BCUT2D eigenvalue weighted by Crippen LogP contribution is 2.42. The topological polar surface area (TPSA) is 71.8 Å². The lowest BCUT2D eigenvalue weighted by atomic mass is 9.67. The summed E-state index contributed by atoms with van der Waals surface area (Å²) in [5.41, 5.74) is 1.36. The molecule has 128 valence electrons. The van der Waals surface area contributed by atoms with E-state index in [9.17, 15) is 4.79 Å². The van der Waals surface area contributed by atoms with Crippen molar-refractivity contribution in [2.24, 2.45) is 5.41 Å². The molecule has 1 fully saturated rings. The van der Waals surface area contributed by atoms with Crippen LogP contribution in [0.1, 0.15) is 44.2 Å². The summed E-state index contributed by atoms with van der Waals surface area (Å²) in [5, 5.41) is 10.3. The average molecular weight is 327 g/mol. The molecule has 6 heteroatoms.